The van der Waals surface area contributed by atoms with E-state index in [1.54, 1.807) is 12.3 Å². The molecule has 0 saturated heterocycles. The average molecular weight is 285 g/mol. The van der Waals surface area contributed by atoms with Crippen LogP contribution in [0.15, 0.2) is 24.7 Å². The number of hydrogen-bond donors (Lipinski definition) is 1. The number of aryl methyl sites for hydroxylation is 1. The Morgan fingerprint density at radius 1 is 1.43 bits per heavy atom. The summed E-state index contributed by atoms with van der Waals surface area (Å²) in [5, 5.41) is 7.16. The van der Waals surface area contributed by atoms with Crippen molar-refractivity contribution in [3.05, 3.63) is 36.0 Å². The van der Waals surface area contributed by atoms with Crippen LogP contribution < -0.4 is 5.32 Å². The lowest BCUT2D eigenvalue weighted by atomic mass is 9.93. The quantitative estimate of drug-likeness (QED) is 0.913. The highest BCUT2D eigenvalue weighted by Crippen LogP contribution is 2.31. The van der Waals surface area contributed by atoms with E-state index in [2.05, 4.69) is 20.4 Å². The third-order valence-electron chi connectivity index (χ3n) is 3.87. The fourth-order valence-corrected chi connectivity index (χ4v) is 2.45. The predicted octanol–water partition coefficient (Wildman–Crippen LogP) is 2.14. The molecule has 2 aromatic rings. The molecule has 6 nitrogen and oxygen atoms in total. The van der Waals surface area contributed by atoms with Crippen molar-refractivity contribution in [3.63, 3.8) is 0 Å². The van der Waals surface area contributed by atoms with Crippen LogP contribution in [-0.4, -0.2) is 25.7 Å². The van der Waals surface area contributed by atoms with E-state index in [1.165, 1.54) is 12.7 Å². The first-order valence-corrected chi connectivity index (χ1v) is 7.39. The van der Waals surface area contributed by atoms with Crippen molar-refractivity contribution >= 4 is 11.7 Å². The number of aromatic nitrogens is 4. The molecule has 6 heteroatoms. The van der Waals surface area contributed by atoms with Crippen LogP contribution in [0.3, 0.4) is 0 Å². The molecule has 0 spiro atoms. The first-order chi connectivity index (χ1) is 10.3. The second kappa shape index (κ2) is 6.03. The lowest BCUT2D eigenvalue weighted by Gasteiger charge is -2.27. The maximum absolute atomic E-state index is 12.1. The SMILES string of the molecule is CCc1cc(NC(=O)Cc2ccnn2C2CCC2)ncn1. The molecule has 0 aromatic carbocycles. The van der Waals surface area contributed by atoms with Crippen molar-refractivity contribution in [2.45, 2.75) is 45.1 Å². The lowest BCUT2D eigenvalue weighted by Crippen LogP contribution is -2.23. The molecule has 21 heavy (non-hydrogen) atoms. The van der Waals surface area contributed by atoms with Crippen molar-refractivity contribution in [2.75, 3.05) is 5.32 Å². The van der Waals surface area contributed by atoms with Gasteiger partial charge in [0, 0.05) is 23.7 Å². The van der Waals surface area contributed by atoms with Crippen molar-refractivity contribution < 1.29 is 4.79 Å². The highest BCUT2D eigenvalue weighted by Gasteiger charge is 2.22. The largest absolute Gasteiger partial charge is 0.310 e. The summed E-state index contributed by atoms with van der Waals surface area (Å²) in [5.74, 6) is 0.485. The minimum absolute atomic E-state index is 0.0724. The third-order valence-corrected chi connectivity index (χ3v) is 3.87. The van der Waals surface area contributed by atoms with Gasteiger partial charge in [0.05, 0.1) is 12.5 Å². The van der Waals surface area contributed by atoms with Gasteiger partial charge < -0.3 is 5.32 Å². The normalized spacial score (nSPS) is 14.7. The van der Waals surface area contributed by atoms with Gasteiger partial charge in [0.15, 0.2) is 0 Å². The molecule has 1 aliphatic rings. The minimum atomic E-state index is -0.0724. The second-order valence-corrected chi connectivity index (χ2v) is 5.32. The molecule has 1 fully saturated rings. The Kier molecular flexibility index (Phi) is 3.94. The van der Waals surface area contributed by atoms with Crippen LogP contribution in [0.4, 0.5) is 5.82 Å². The number of carbonyl (C=O) groups is 1. The lowest BCUT2D eigenvalue weighted by molar-refractivity contribution is -0.115. The van der Waals surface area contributed by atoms with Crippen LogP contribution in [0, 0.1) is 0 Å². The molecule has 1 amide bonds. The van der Waals surface area contributed by atoms with Crippen LogP contribution in [0.25, 0.3) is 0 Å². The Morgan fingerprint density at radius 3 is 3.00 bits per heavy atom. The zero-order chi connectivity index (χ0) is 14.7. The van der Waals surface area contributed by atoms with Crippen LogP contribution in [-0.2, 0) is 17.6 Å². The van der Waals surface area contributed by atoms with Crippen LogP contribution >= 0.6 is 0 Å². The third kappa shape index (κ3) is 3.09. The molecule has 0 bridgehead atoms. The molecule has 110 valence electrons. The predicted molar refractivity (Wildman–Crippen MR) is 78.9 cm³/mol. The molecule has 0 unspecified atom stereocenters. The molecule has 2 aromatic heterocycles. The fourth-order valence-electron chi connectivity index (χ4n) is 2.45. The molecule has 1 saturated carbocycles. The van der Waals surface area contributed by atoms with Gasteiger partial charge in [0.2, 0.25) is 5.91 Å². The summed E-state index contributed by atoms with van der Waals surface area (Å²) in [6.07, 6.45) is 7.94. The summed E-state index contributed by atoms with van der Waals surface area (Å²) in [6.45, 7) is 2.02. The zero-order valence-corrected chi connectivity index (χ0v) is 12.1. The molecular formula is C15H19N5O. The Balaban J connectivity index is 1.65. The van der Waals surface area contributed by atoms with Gasteiger partial charge >= 0.3 is 0 Å². The van der Waals surface area contributed by atoms with E-state index in [1.807, 2.05) is 17.7 Å². The molecule has 1 N–H and O–H groups in total. The Hall–Kier alpha value is -2.24. The smallest absolute Gasteiger partial charge is 0.231 e. The van der Waals surface area contributed by atoms with E-state index < -0.39 is 0 Å². The molecule has 0 atom stereocenters. The van der Waals surface area contributed by atoms with Gasteiger partial charge in [-0.1, -0.05) is 6.92 Å². The molecule has 2 heterocycles. The molecular weight excluding hydrogens is 266 g/mol. The summed E-state index contributed by atoms with van der Waals surface area (Å²) < 4.78 is 1.99. The van der Waals surface area contributed by atoms with Crippen molar-refractivity contribution in [3.8, 4) is 0 Å². The van der Waals surface area contributed by atoms with E-state index in [9.17, 15) is 4.79 Å². The maximum atomic E-state index is 12.1. The van der Waals surface area contributed by atoms with E-state index in [4.69, 9.17) is 0 Å². The van der Waals surface area contributed by atoms with E-state index in [0.29, 0.717) is 18.3 Å². The first-order valence-electron chi connectivity index (χ1n) is 7.39. The van der Waals surface area contributed by atoms with Gasteiger partial charge in [0.25, 0.3) is 0 Å². The molecule has 0 radical (unpaired) electrons. The van der Waals surface area contributed by atoms with Crippen LogP contribution in [0.1, 0.15) is 43.6 Å². The summed E-state index contributed by atoms with van der Waals surface area (Å²) in [5.41, 5.74) is 1.88. The van der Waals surface area contributed by atoms with E-state index in [-0.39, 0.29) is 5.91 Å². The van der Waals surface area contributed by atoms with Crippen molar-refractivity contribution in [1.29, 1.82) is 0 Å². The second-order valence-electron chi connectivity index (χ2n) is 5.32. The molecule has 3 rings (SSSR count). The summed E-state index contributed by atoms with van der Waals surface area (Å²) in [6, 6.07) is 4.18. The van der Waals surface area contributed by atoms with Gasteiger partial charge in [-0.15, -0.1) is 0 Å². The Bertz CT molecular complexity index is 632. The van der Waals surface area contributed by atoms with Gasteiger partial charge in [-0.3, -0.25) is 9.48 Å². The number of anilines is 1. The number of carbonyl (C=O) groups excluding carboxylic acids is 1. The fraction of sp³-hybridized carbons (Fsp3) is 0.467. The molecule has 0 aliphatic heterocycles. The number of amides is 1. The average Bonchev–Trinajstić information content (AvgIpc) is 2.85. The Labute approximate surface area is 123 Å². The first kappa shape index (κ1) is 13.7. The summed E-state index contributed by atoms with van der Waals surface area (Å²) in [7, 11) is 0. The molecule has 1 aliphatic carbocycles. The van der Waals surface area contributed by atoms with E-state index in [0.717, 1.165) is 30.7 Å². The minimum Gasteiger partial charge on any atom is -0.310 e. The number of nitrogens with one attached hydrogen (secondary N) is 1. The topological polar surface area (TPSA) is 72.7 Å². The van der Waals surface area contributed by atoms with Gasteiger partial charge in [-0.05, 0) is 31.7 Å². The summed E-state index contributed by atoms with van der Waals surface area (Å²) >= 11 is 0. The standard InChI is InChI=1S/C15H19N5O/c1-2-11-8-14(17-10-16-11)19-15(21)9-13-6-7-18-20(13)12-4-3-5-12/h6-8,10,12H,2-5,9H2,1H3,(H,16,17,19,21). The number of nitrogens with zero attached hydrogens (tertiary/aromatic N) is 4. The van der Waals surface area contributed by atoms with Gasteiger partial charge in [-0.2, -0.15) is 5.10 Å². The monoisotopic (exact) mass is 285 g/mol. The Morgan fingerprint density at radius 2 is 2.29 bits per heavy atom. The highest BCUT2D eigenvalue weighted by molar-refractivity contribution is 5.91. The van der Waals surface area contributed by atoms with Crippen molar-refractivity contribution in [2.24, 2.45) is 0 Å². The van der Waals surface area contributed by atoms with Gasteiger partial charge in [-0.25, -0.2) is 9.97 Å². The van der Waals surface area contributed by atoms with E-state index >= 15 is 0 Å². The van der Waals surface area contributed by atoms with Crippen LogP contribution in [0.5, 0.6) is 0 Å². The number of rotatable bonds is 5. The van der Waals surface area contributed by atoms with Gasteiger partial charge in [0.1, 0.15) is 12.1 Å². The highest BCUT2D eigenvalue weighted by atomic mass is 16.1. The summed E-state index contributed by atoms with van der Waals surface area (Å²) in [4.78, 5) is 20.3. The zero-order valence-electron chi connectivity index (χ0n) is 12.1. The van der Waals surface area contributed by atoms with Crippen molar-refractivity contribution in [1.82, 2.24) is 19.7 Å². The van der Waals surface area contributed by atoms with Crippen LogP contribution in [0.2, 0.25) is 0 Å². The number of hydrogen-bond acceptors (Lipinski definition) is 4. The maximum Gasteiger partial charge on any atom is 0.231 e.